The molecule has 0 fully saturated rings. The average molecular weight is 377 g/mol. The van der Waals surface area contributed by atoms with Crippen molar-refractivity contribution >= 4 is 30.2 Å². The van der Waals surface area contributed by atoms with Crippen LogP contribution in [0.1, 0.15) is 5.56 Å². The van der Waals surface area contributed by atoms with Gasteiger partial charge in [0, 0.05) is 22.7 Å². The number of benzene rings is 1. The van der Waals surface area contributed by atoms with Crippen LogP contribution in [0.4, 0.5) is 8.78 Å². The highest BCUT2D eigenvalue weighted by atomic mass is 19.3. The van der Waals surface area contributed by atoms with Gasteiger partial charge >= 0.3 is 5.92 Å². The van der Waals surface area contributed by atoms with Crippen LogP contribution in [0.15, 0.2) is 54.9 Å². The minimum absolute atomic E-state index is 0.323. The molecular weight excluding hydrogens is 363 g/mol. The number of aromatic amines is 1. The fourth-order valence-corrected chi connectivity index (χ4v) is 2.83. The number of alkyl halides is 2. The van der Waals surface area contributed by atoms with E-state index in [-0.39, 0.29) is 11.1 Å². The second kappa shape index (κ2) is 6.48. The number of fused-ring (bicyclic) bond motifs is 1. The first kappa shape index (κ1) is 17.7. The molecule has 0 aliphatic carbocycles. The Hall–Kier alpha value is -3.69. The molecule has 3 N–H and O–H groups in total. The third-order valence-electron chi connectivity index (χ3n) is 4.33. The number of hydrogen-bond donors (Lipinski definition) is 3. The molecule has 0 atom stereocenters. The van der Waals surface area contributed by atoms with Gasteiger partial charge in [-0.3, -0.25) is 20.9 Å². The molecule has 0 unspecified atom stereocenters. The van der Waals surface area contributed by atoms with Crippen molar-refractivity contribution in [2.45, 2.75) is 5.92 Å². The number of nitrogens with zero attached hydrogens (tertiary/aromatic N) is 4. The molecule has 4 rings (SSSR count). The van der Waals surface area contributed by atoms with E-state index in [4.69, 9.17) is 10.8 Å². The molecule has 0 aliphatic rings. The fourth-order valence-electron chi connectivity index (χ4n) is 2.83. The Kier molecular flexibility index (Phi) is 4.10. The standard InChI is InChI=1S/C18H14BF2N7/c19-15-5-1-10-7-12(2-3-13(10)26-15)18(20,21)17(23)28-16(22)6-4-14(27-28)11-8-24-25-9-11/h1-9,22-23H,19H2,(H,24,25). The summed E-state index contributed by atoms with van der Waals surface area (Å²) in [4.78, 5) is 4.30. The van der Waals surface area contributed by atoms with E-state index in [1.807, 2.05) is 7.85 Å². The summed E-state index contributed by atoms with van der Waals surface area (Å²) in [5.41, 5.74) is 1.59. The highest BCUT2D eigenvalue weighted by Gasteiger charge is 2.39. The molecule has 28 heavy (non-hydrogen) atoms. The normalized spacial score (nSPS) is 11.6. The zero-order valence-corrected chi connectivity index (χ0v) is 14.7. The van der Waals surface area contributed by atoms with Crippen LogP contribution < -0.4 is 11.1 Å². The topological polar surface area (TPSA) is 107 Å². The molecule has 138 valence electrons. The van der Waals surface area contributed by atoms with Gasteiger partial charge in [-0.2, -0.15) is 23.7 Å². The molecule has 0 saturated heterocycles. The van der Waals surface area contributed by atoms with Crippen molar-refractivity contribution in [2.75, 3.05) is 0 Å². The monoisotopic (exact) mass is 377 g/mol. The molecule has 0 saturated carbocycles. The second-order valence-electron chi connectivity index (χ2n) is 6.29. The highest BCUT2D eigenvalue weighted by Crippen LogP contribution is 2.31. The lowest BCUT2D eigenvalue weighted by Crippen LogP contribution is -2.39. The van der Waals surface area contributed by atoms with Gasteiger partial charge in [-0.1, -0.05) is 18.2 Å². The van der Waals surface area contributed by atoms with E-state index >= 15 is 8.78 Å². The van der Waals surface area contributed by atoms with Crippen molar-refractivity contribution in [3.63, 3.8) is 0 Å². The Morgan fingerprint density at radius 1 is 1.14 bits per heavy atom. The maximum atomic E-state index is 15.1. The largest absolute Gasteiger partial charge is 0.331 e. The minimum atomic E-state index is -3.65. The van der Waals surface area contributed by atoms with Gasteiger partial charge < -0.3 is 0 Å². The molecule has 0 bridgehead atoms. The van der Waals surface area contributed by atoms with Crippen LogP contribution >= 0.6 is 0 Å². The molecule has 0 aliphatic heterocycles. The van der Waals surface area contributed by atoms with Crippen molar-refractivity contribution < 1.29 is 8.78 Å². The lowest BCUT2D eigenvalue weighted by Gasteiger charge is -2.19. The Bertz CT molecular complexity index is 1250. The number of nitrogens with one attached hydrogen (secondary N) is 3. The summed E-state index contributed by atoms with van der Waals surface area (Å²) in [7, 11) is 1.82. The van der Waals surface area contributed by atoms with E-state index < -0.39 is 11.8 Å². The lowest BCUT2D eigenvalue weighted by molar-refractivity contribution is 0.0697. The van der Waals surface area contributed by atoms with Gasteiger partial charge in [0.25, 0.3) is 0 Å². The lowest BCUT2D eigenvalue weighted by atomic mass is 10.0. The van der Waals surface area contributed by atoms with Crippen molar-refractivity contribution in [3.8, 4) is 11.3 Å². The maximum Gasteiger partial charge on any atom is 0.331 e. The van der Waals surface area contributed by atoms with Gasteiger partial charge in [-0.25, -0.2) is 0 Å². The van der Waals surface area contributed by atoms with Gasteiger partial charge in [0.2, 0.25) is 0 Å². The number of rotatable bonds is 3. The summed E-state index contributed by atoms with van der Waals surface area (Å²) in [6.07, 6.45) is 3.03. The van der Waals surface area contributed by atoms with Gasteiger partial charge in [0.05, 0.1) is 17.4 Å². The zero-order chi connectivity index (χ0) is 19.9. The number of pyridine rings is 1. The second-order valence-corrected chi connectivity index (χ2v) is 6.29. The van der Waals surface area contributed by atoms with E-state index in [0.29, 0.717) is 26.8 Å². The minimum Gasteiger partial charge on any atom is -0.285 e. The predicted molar refractivity (Wildman–Crippen MR) is 103 cm³/mol. The fraction of sp³-hybridized carbons (Fsp3) is 0.0556. The van der Waals surface area contributed by atoms with Gasteiger partial charge in [-0.05, 0) is 29.9 Å². The van der Waals surface area contributed by atoms with Gasteiger partial charge in [0.1, 0.15) is 5.49 Å². The number of H-pyrrole nitrogens is 1. The summed E-state index contributed by atoms with van der Waals surface area (Å²) < 4.78 is 30.8. The van der Waals surface area contributed by atoms with Crippen LogP contribution in [0.5, 0.6) is 0 Å². The number of aromatic nitrogens is 5. The molecule has 3 aromatic heterocycles. The third kappa shape index (κ3) is 2.98. The van der Waals surface area contributed by atoms with Crippen molar-refractivity contribution in [1.29, 1.82) is 10.8 Å². The average Bonchev–Trinajstić information content (AvgIpc) is 3.22. The van der Waals surface area contributed by atoms with Crippen LogP contribution in [-0.4, -0.2) is 38.6 Å². The zero-order valence-electron chi connectivity index (χ0n) is 14.7. The first-order chi connectivity index (χ1) is 13.4. The van der Waals surface area contributed by atoms with E-state index in [1.54, 1.807) is 18.3 Å². The summed E-state index contributed by atoms with van der Waals surface area (Å²) in [5.74, 6) is -4.76. The van der Waals surface area contributed by atoms with E-state index in [2.05, 4.69) is 20.3 Å². The Labute approximate surface area is 158 Å². The predicted octanol–water partition coefficient (Wildman–Crippen LogP) is 1.18. The quantitative estimate of drug-likeness (QED) is 0.284. The molecular formula is C18H14BF2N7. The molecule has 4 aromatic rings. The van der Waals surface area contributed by atoms with Crippen LogP contribution in [0, 0.1) is 10.8 Å². The van der Waals surface area contributed by atoms with Crippen molar-refractivity contribution in [2.24, 2.45) is 0 Å². The Morgan fingerprint density at radius 3 is 2.71 bits per heavy atom. The van der Waals surface area contributed by atoms with Gasteiger partial charge in [0.15, 0.2) is 13.7 Å². The number of halogens is 2. The third-order valence-corrected chi connectivity index (χ3v) is 4.33. The molecule has 7 nitrogen and oxygen atoms in total. The van der Waals surface area contributed by atoms with Crippen LogP contribution in [0.2, 0.25) is 0 Å². The van der Waals surface area contributed by atoms with Crippen molar-refractivity contribution in [1.82, 2.24) is 25.0 Å². The highest BCUT2D eigenvalue weighted by molar-refractivity contribution is 6.31. The first-order valence-electron chi connectivity index (χ1n) is 8.35. The molecule has 1 aromatic carbocycles. The molecule has 3 heterocycles. The smallest absolute Gasteiger partial charge is 0.285 e. The van der Waals surface area contributed by atoms with Crippen LogP contribution in [-0.2, 0) is 5.92 Å². The maximum absolute atomic E-state index is 15.1. The Morgan fingerprint density at radius 2 is 1.96 bits per heavy atom. The SMILES string of the molecule is Bc1ccc2cc(C(F)(F)C(=N)n3nc(-c4cn[nH]c4)ccc3=N)ccc2n1. The molecule has 10 heteroatoms. The van der Waals surface area contributed by atoms with E-state index in [9.17, 15) is 0 Å². The number of hydrogen-bond acceptors (Lipinski definition) is 5. The molecule has 0 spiro atoms. The molecule has 0 radical (unpaired) electrons. The summed E-state index contributed by atoms with van der Waals surface area (Å²) in [5, 5.41) is 27.0. The summed E-state index contributed by atoms with van der Waals surface area (Å²) >= 11 is 0. The van der Waals surface area contributed by atoms with Crippen molar-refractivity contribution in [3.05, 3.63) is 65.9 Å². The summed E-state index contributed by atoms with van der Waals surface area (Å²) in [6, 6.07) is 10.3. The van der Waals surface area contributed by atoms with E-state index in [0.717, 1.165) is 5.59 Å². The van der Waals surface area contributed by atoms with E-state index in [1.165, 1.54) is 36.5 Å². The van der Waals surface area contributed by atoms with Crippen LogP contribution in [0.3, 0.4) is 0 Å². The molecule has 0 amide bonds. The van der Waals surface area contributed by atoms with Gasteiger partial charge in [-0.15, -0.1) is 0 Å². The van der Waals surface area contributed by atoms with Crippen LogP contribution in [0.25, 0.3) is 22.2 Å². The first-order valence-corrected chi connectivity index (χ1v) is 8.35. The summed E-state index contributed by atoms with van der Waals surface area (Å²) in [6.45, 7) is 0. The Balaban J connectivity index is 1.77.